The quantitative estimate of drug-likeness (QED) is 0.717. The van der Waals surface area contributed by atoms with E-state index in [0.717, 1.165) is 25.9 Å². The van der Waals surface area contributed by atoms with Crippen molar-refractivity contribution in [2.45, 2.75) is 12.8 Å². The van der Waals surface area contributed by atoms with E-state index >= 15 is 0 Å². The highest BCUT2D eigenvalue weighted by atomic mass is 16.2. The maximum absolute atomic E-state index is 12.5. The fourth-order valence-electron chi connectivity index (χ4n) is 3.14. The first-order valence-corrected chi connectivity index (χ1v) is 9.32. The number of nitrogens with zero attached hydrogens (tertiary/aromatic N) is 1. The van der Waals surface area contributed by atoms with Crippen molar-refractivity contribution in [1.82, 2.24) is 10.2 Å². The van der Waals surface area contributed by atoms with Crippen molar-refractivity contribution in [3.8, 4) is 0 Å². The summed E-state index contributed by atoms with van der Waals surface area (Å²) in [5, 5.41) is 8.34. The van der Waals surface area contributed by atoms with Gasteiger partial charge in [0.25, 0.3) is 11.8 Å². The lowest BCUT2D eigenvalue weighted by molar-refractivity contribution is -0.114. The molecular formula is C21H24N4O3. The van der Waals surface area contributed by atoms with Crippen molar-refractivity contribution in [3.05, 3.63) is 59.7 Å². The monoisotopic (exact) mass is 380 g/mol. The van der Waals surface area contributed by atoms with E-state index in [9.17, 15) is 14.4 Å². The van der Waals surface area contributed by atoms with Gasteiger partial charge in [-0.1, -0.05) is 12.1 Å². The Balaban J connectivity index is 1.57. The molecule has 1 fully saturated rings. The first kappa shape index (κ1) is 19.4. The minimum absolute atomic E-state index is 0.0246. The number of nitrogens with one attached hydrogen (secondary N) is 3. The average molecular weight is 380 g/mol. The second-order valence-electron chi connectivity index (χ2n) is 6.64. The highest BCUT2D eigenvalue weighted by Crippen LogP contribution is 2.16. The van der Waals surface area contributed by atoms with Crippen LogP contribution in [0.3, 0.4) is 0 Å². The molecule has 0 spiro atoms. The van der Waals surface area contributed by atoms with Crippen LogP contribution >= 0.6 is 0 Å². The molecule has 7 nitrogen and oxygen atoms in total. The Labute approximate surface area is 164 Å². The molecule has 0 radical (unpaired) electrons. The van der Waals surface area contributed by atoms with Crippen LogP contribution in [-0.2, 0) is 4.79 Å². The zero-order valence-corrected chi connectivity index (χ0v) is 15.8. The molecule has 0 bridgehead atoms. The standard InChI is InChI=1S/C21H24N4O3/c1-22-20(27)15-6-4-9-18(12-15)24-19(26)14-23-17-8-5-7-16(13-17)21(28)25-10-2-3-11-25/h4-9,12-13,23H,2-3,10-11,14H2,1H3,(H,22,27)(H,24,26). The van der Waals surface area contributed by atoms with E-state index in [4.69, 9.17) is 0 Å². The van der Waals surface area contributed by atoms with E-state index in [1.807, 2.05) is 11.0 Å². The fourth-order valence-corrected chi connectivity index (χ4v) is 3.14. The van der Waals surface area contributed by atoms with Crippen molar-refractivity contribution in [2.75, 3.05) is 37.3 Å². The van der Waals surface area contributed by atoms with E-state index in [1.54, 1.807) is 49.5 Å². The van der Waals surface area contributed by atoms with Crippen LogP contribution < -0.4 is 16.0 Å². The maximum Gasteiger partial charge on any atom is 0.253 e. The Hall–Kier alpha value is -3.35. The molecule has 3 amide bonds. The molecule has 2 aromatic carbocycles. The minimum Gasteiger partial charge on any atom is -0.376 e. The Morgan fingerprint density at radius 3 is 2.29 bits per heavy atom. The summed E-state index contributed by atoms with van der Waals surface area (Å²) in [6, 6.07) is 13.9. The number of benzene rings is 2. The molecule has 1 aliphatic heterocycles. The summed E-state index contributed by atoms with van der Waals surface area (Å²) >= 11 is 0. The van der Waals surface area contributed by atoms with Gasteiger partial charge in [0.2, 0.25) is 5.91 Å². The molecule has 2 aromatic rings. The normalized spacial score (nSPS) is 13.1. The Morgan fingerprint density at radius 1 is 0.929 bits per heavy atom. The van der Waals surface area contributed by atoms with Crippen LogP contribution in [0.4, 0.5) is 11.4 Å². The molecule has 0 aliphatic carbocycles. The van der Waals surface area contributed by atoms with Crippen molar-refractivity contribution < 1.29 is 14.4 Å². The summed E-state index contributed by atoms with van der Waals surface area (Å²) in [6.07, 6.45) is 2.09. The summed E-state index contributed by atoms with van der Waals surface area (Å²) in [7, 11) is 1.56. The van der Waals surface area contributed by atoms with Gasteiger partial charge in [0.15, 0.2) is 0 Å². The topological polar surface area (TPSA) is 90.5 Å². The molecule has 0 unspecified atom stereocenters. The van der Waals surface area contributed by atoms with Crippen LogP contribution in [0.1, 0.15) is 33.6 Å². The third-order valence-corrected chi connectivity index (χ3v) is 4.59. The van der Waals surface area contributed by atoms with Crippen LogP contribution in [0.25, 0.3) is 0 Å². The van der Waals surface area contributed by atoms with Crippen LogP contribution in [0.5, 0.6) is 0 Å². The van der Waals surface area contributed by atoms with E-state index in [2.05, 4.69) is 16.0 Å². The molecule has 1 aliphatic rings. The molecule has 28 heavy (non-hydrogen) atoms. The molecule has 0 saturated carbocycles. The van der Waals surface area contributed by atoms with Gasteiger partial charge in [-0.05, 0) is 49.2 Å². The van der Waals surface area contributed by atoms with Crippen LogP contribution in [0.15, 0.2) is 48.5 Å². The van der Waals surface area contributed by atoms with Crippen molar-refractivity contribution >= 4 is 29.1 Å². The second kappa shape index (κ2) is 9.03. The van der Waals surface area contributed by atoms with Gasteiger partial charge in [0.05, 0.1) is 6.54 Å². The SMILES string of the molecule is CNC(=O)c1cccc(NC(=O)CNc2cccc(C(=O)N3CCCC3)c2)c1. The van der Waals surface area contributed by atoms with Crippen LogP contribution in [-0.4, -0.2) is 49.3 Å². The summed E-state index contributed by atoms with van der Waals surface area (Å²) in [4.78, 5) is 38.2. The minimum atomic E-state index is -0.245. The summed E-state index contributed by atoms with van der Waals surface area (Å²) < 4.78 is 0. The van der Waals surface area contributed by atoms with Gasteiger partial charge < -0.3 is 20.9 Å². The van der Waals surface area contributed by atoms with Crippen molar-refractivity contribution in [1.29, 1.82) is 0 Å². The largest absolute Gasteiger partial charge is 0.376 e. The van der Waals surface area contributed by atoms with Crippen molar-refractivity contribution in [3.63, 3.8) is 0 Å². The van der Waals surface area contributed by atoms with E-state index in [-0.39, 0.29) is 24.3 Å². The Morgan fingerprint density at radius 2 is 1.57 bits per heavy atom. The van der Waals surface area contributed by atoms with Gasteiger partial charge in [0, 0.05) is 42.6 Å². The van der Waals surface area contributed by atoms with Crippen LogP contribution in [0, 0.1) is 0 Å². The predicted octanol–water partition coefficient (Wildman–Crippen LogP) is 2.33. The lowest BCUT2D eigenvalue weighted by atomic mass is 10.1. The lowest BCUT2D eigenvalue weighted by Crippen LogP contribution is -2.27. The first-order chi connectivity index (χ1) is 13.6. The Bertz CT molecular complexity index is 875. The average Bonchev–Trinajstić information content (AvgIpc) is 3.26. The van der Waals surface area contributed by atoms with E-state index in [0.29, 0.717) is 22.5 Å². The van der Waals surface area contributed by atoms with Gasteiger partial charge in [0.1, 0.15) is 0 Å². The molecule has 3 rings (SSSR count). The number of rotatable bonds is 6. The molecule has 146 valence electrons. The van der Waals surface area contributed by atoms with Gasteiger partial charge in [-0.15, -0.1) is 0 Å². The molecular weight excluding hydrogens is 356 g/mol. The van der Waals surface area contributed by atoms with E-state index in [1.165, 1.54) is 0 Å². The molecule has 3 N–H and O–H groups in total. The zero-order chi connectivity index (χ0) is 19.9. The number of hydrogen-bond acceptors (Lipinski definition) is 4. The summed E-state index contributed by atoms with van der Waals surface area (Å²) in [5.74, 6) is -0.435. The zero-order valence-electron chi connectivity index (χ0n) is 15.8. The number of hydrogen-bond donors (Lipinski definition) is 3. The Kier molecular flexibility index (Phi) is 6.26. The van der Waals surface area contributed by atoms with Gasteiger partial charge in [-0.3, -0.25) is 14.4 Å². The smallest absolute Gasteiger partial charge is 0.253 e. The molecule has 7 heteroatoms. The highest BCUT2D eigenvalue weighted by Gasteiger charge is 2.19. The van der Waals surface area contributed by atoms with Crippen LogP contribution in [0.2, 0.25) is 0 Å². The van der Waals surface area contributed by atoms with E-state index < -0.39 is 0 Å². The van der Waals surface area contributed by atoms with Crippen molar-refractivity contribution in [2.24, 2.45) is 0 Å². The molecule has 0 aromatic heterocycles. The van der Waals surface area contributed by atoms with Gasteiger partial charge in [-0.25, -0.2) is 0 Å². The summed E-state index contributed by atoms with van der Waals surface area (Å²) in [6.45, 7) is 1.65. The number of likely N-dealkylation sites (tertiary alicyclic amines) is 1. The molecule has 1 saturated heterocycles. The maximum atomic E-state index is 12.5. The first-order valence-electron chi connectivity index (χ1n) is 9.32. The molecule has 1 heterocycles. The number of carbonyl (C=O) groups excluding carboxylic acids is 3. The third-order valence-electron chi connectivity index (χ3n) is 4.59. The summed E-state index contributed by atoms with van der Waals surface area (Å²) in [5.41, 5.74) is 2.34. The van der Waals surface area contributed by atoms with Gasteiger partial charge in [-0.2, -0.15) is 0 Å². The lowest BCUT2D eigenvalue weighted by Gasteiger charge is -2.16. The second-order valence-corrected chi connectivity index (χ2v) is 6.64. The third kappa shape index (κ3) is 4.88. The highest BCUT2D eigenvalue weighted by molar-refractivity contribution is 5.98. The molecule has 0 atom stereocenters. The number of carbonyl (C=O) groups is 3. The number of anilines is 2. The number of amides is 3. The fraction of sp³-hybridized carbons (Fsp3) is 0.286. The predicted molar refractivity (Wildman–Crippen MR) is 109 cm³/mol. The van der Waals surface area contributed by atoms with Gasteiger partial charge >= 0.3 is 0 Å².